The van der Waals surface area contributed by atoms with Gasteiger partial charge in [0.05, 0.1) is 12.2 Å². The van der Waals surface area contributed by atoms with Crippen molar-refractivity contribution in [3.05, 3.63) is 102 Å². The summed E-state index contributed by atoms with van der Waals surface area (Å²) in [5, 5.41) is 2.97. The van der Waals surface area contributed by atoms with Crippen LogP contribution in [0.4, 0.5) is 0 Å². The Kier molecular flexibility index (Phi) is 5.36. The van der Waals surface area contributed by atoms with Gasteiger partial charge in [-0.05, 0) is 23.3 Å². The number of pyridine rings is 1. The summed E-state index contributed by atoms with van der Waals surface area (Å²) < 4.78 is 0. The lowest BCUT2D eigenvalue weighted by atomic mass is 9.88. The summed E-state index contributed by atoms with van der Waals surface area (Å²) in [4.78, 5) is 16.7. The molecule has 3 rings (SSSR count). The summed E-state index contributed by atoms with van der Waals surface area (Å²) >= 11 is 0. The van der Waals surface area contributed by atoms with E-state index in [9.17, 15) is 4.79 Å². The second-order valence-electron chi connectivity index (χ2n) is 5.68. The lowest BCUT2D eigenvalue weighted by molar-refractivity contribution is -0.121. The Labute approximate surface area is 142 Å². The lowest BCUT2D eigenvalue weighted by Gasteiger charge is -2.18. The van der Waals surface area contributed by atoms with E-state index in [1.165, 1.54) is 0 Å². The Balaban J connectivity index is 1.71. The number of hydrogen-bond acceptors (Lipinski definition) is 2. The van der Waals surface area contributed by atoms with Gasteiger partial charge in [-0.3, -0.25) is 9.78 Å². The maximum atomic E-state index is 12.4. The van der Waals surface area contributed by atoms with E-state index in [1.807, 2.05) is 54.6 Å². The van der Waals surface area contributed by atoms with Crippen molar-refractivity contribution in [1.82, 2.24) is 10.3 Å². The molecule has 24 heavy (non-hydrogen) atoms. The fourth-order valence-corrected chi connectivity index (χ4v) is 2.75. The van der Waals surface area contributed by atoms with E-state index < -0.39 is 0 Å². The summed E-state index contributed by atoms with van der Waals surface area (Å²) in [7, 11) is 0. The first-order valence-electron chi connectivity index (χ1n) is 8.09. The van der Waals surface area contributed by atoms with Gasteiger partial charge >= 0.3 is 0 Å². The van der Waals surface area contributed by atoms with Crippen LogP contribution in [0, 0.1) is 0 Å². The van der Waals surface area contributed by atoms with Gasteiger partial charge < -0.3 is 5.32 Å². The average molecular weight is 316 g/mol. The van der Waals surface area contributed by atoms with Crippen molar-refractivity contribution in [3.8, 4) is 0 Å². The van der Waals surface area contributed by atoms with Gasteiger partial charge in [0, 0.05) is 18.5 Å². The number of hydrogen-bond donors (Lipinski definition) is 1. The molecule has 0 atom stereocenters. The van der Waals surface area contributed by atoms with Crippen molar-refractivity contribution in [3.63, 3.8) is 0 Å². The highest BCUT2D eigenvalue weighted by Crippen LogP contribution is 2.27. The first kappa shape index (κ1) is 15.9. The van der Waals surface area contributed by atoms with E-state index in [4.69, 9.17) is 0 Å². The maximum absolute atomic E-state index is 12.4. The minimum absolute atomic E-state index is 0.0263. The summed E-state index contributed by atoms with van der Waals surface area (Å²) in [6.07, 6.45) is 2.15. The van der Waals surface area contributed by atoms with Gasteiger partial charge in [0.25, 0.3) is 0 Å². The number of nitrogens with one attached hydrogen (secondary N) is 1. The smallest absolute Gasteiger partial charge is 0.221 e. The molecule has 0 fully saturated rings. The molecule has 3 heteroatoms. The van der Waals surface area contributed by atoms with Crippen LogP contribution in [0.2, 0.25) is 0 Å². The minimum atomic E-state index is 0.0263. The van der Waals surface area contributed by atoms with Crippen LogP contribution in [0.25, 0.3) is 0 Å². The third-order valence-corrected chi connectivity index (χ3v) is 3.99. The van der Waals surface area contributed by atoms with Crippen LogP contribution in [0.15, 0.2) is 85.1 Å². The molecule has 0 saturated heterocycles. The molecule has 0 unspecified atom stereocenters. The molecular formula is C21H20N2O. The number of carbonyl (C=O) groups excluding carboxylic acids is 1. The molecule has 120 valence electrons. The molecule has 1 heterocycles. The number of aromatic nitrogens is 1. The SMILES string of the molecule is O=C(CC(c1ccccc1)c1ccccc1)NCc1ccccn1. The quantitative estimate of drug-likeness (QED) is 0.749. The second-order valence-corrected chi connectivity index (χ2v) is 5.68. The highest BCUT2D eigenvalue weighted by Gasteiger charge is 2.17. The van der Waals surface area contributed by atoms with Crippen LogP contribution < -0.4 is 5.32 Å². The van der Waals surface area contributed by atoms with Gasteiger partial charge in [-0.25, -0.2) is 0 Å². The molecule has 3 nitrogen and oxygen atoms in total. The molecule has 0 bridgehead atoms. The Morgan fingerprint density at radius 3 is 1.96 bits per heavy atom. The van der Waals surface area contributed by atoms with Crippen LogP contribution in [0.1, 0.15) is 29.2 Å². The van der Waals surface area contributed by atoms with Gasteiger partial charge in [-0.1, -0.05) is 66.7 Å². The minimum Gasteiger partial charge on any atom is -0.350 e. The second kappa shape index (κ2) is 8.06. The van der Waals surface area contributed by atoms with Crippen LogP contribution in [0.3, 0.4) is 0 Å². The molecular weight excluding hydrogens is 296 g/mol. The summed E-state index contributed by atoms with van der Waals surface area (Å²) in [6.45, 7) is 0.454. The third-order valence-electron chi connectivity index (χ3n) is 3.99. The summed E-state index contributed by atoms with van der Waals surface area (Å²) in [5.41, 5.74) is 3.16. The molecule has 1 amide bonds. The number of nitrogens with zero attached hydrogens (tertiary/aromatic N) is 1. The highest BCUT2D eigenvalue weighted by atomic mass is 16.1. The van der Waals surface area contributed by atoms with Crippen LogP contribution in [0.5, 0.6) is 0 Å². The molecule has 0 radical (unpaired) electrons. The third kappa shape index (κ3) is 4.29. The van der Waals surface area contributed by atoms with Gasteiger partial charge in [-0.2, -0.15) is 0 Å². The first-order chi connectivity index (χ1) is 11.8. The lowest BCUT2D eigenvalue weighted by Crippen LogP contribution is -2.25. The zero-order chi connectivity index (χ0) is 16.6. The van der Waals surface area contributed by atoms with Crippen LogP contribution in [-0.4, -0.2) is 10.9 Å². The Morgan fingerprint density at radius 1 is 0.833 bits per heavy atom. The first-order valence-corrected chi connectivity index (χ1v) is 8.09. The van der Waals surface area contributed by atoms with Crippen molar-refractivity contribution >= 4 is 5.91 Å². The van der Waals surface area contributed by atoms with Gasteiger partial charge in [0.1, 0.15) is 0 Å². The number of rotatable bonds is 6. The Bertz CT molecular complexity index is 718. The van der Waals surface area contributed by atoms with E-state index in [-0.39, 0.29) is 11.8 Å². The monoisotopic (exact) mass is 316 g/mol. The zero-order valence-electron chi connectivity index (χ0n) is 13.4. The van der Waals surface area contributed by atoms with Gasteiger partial charge in [0.15, 0.2) is 0 Å². The topological polar surface area (TPSA) is 42.0 Å². The van der Waals surface area contributed by atoms with E-state index >= 15 is 0 Å². The highest BCUT2D eigenvalue weighted by molar-refractivity contribution is 5.77. The van der Waals surface area contributed by atoms with E-state index in [0.29, 0.717) is 13.0 Å². The van der Waals surface area contributed by atoms with E-state index in [2.05, 4.69) is 34.6 Å². The molecule has 1 aromatic heterocycles. The maximum Gasteiger partial charge on any atom is 0.221 e. The number of carbonyl (C=O) groups is 1. The average Bonchev–Trinajstić information content (AvgIpc) is 2.67. The Hall–Kier alpha value is -2.94. The molecule has 0 spiro atoms. The molecule has 0 aliphatic carbocycles. The fraction of sp³-hybridized carbons (Fsp3) is 0.143. The molecule has 1 N–H and O–H groups in total. The molecule has 0 aliphatic rings. The fourth-order valence-electron chi connectivity index (χ4n) is 2.75. The summed E-state index contributed by atoms with van der Waals surface area (Å²) in [5.74, 6) is 0.0782. The van der Waals surface area contributed by atoms with Gasteiger partial charge in [-0.15, -0.1) is 0 Å². The van der Waals surface area contributed by atoms with Crippen molar-refractivity contribution in [2.45, 2.75) is 18.9 Å². The molecule has 2 aromatic carbocycles. The largest absolute Gasteiger partial charge is 0.350 e. The molecule has 0 aliphatic heterocycles. The van der Waals surface area contributed by atoms with Crippen molar-refractivity contribution in [2.75, 3.05) is 0 Å². The van der Waals surface area contributed by atoms with Crippen molar-refractivity contribution in [2.24, 2.45) is 0 Å². The predicted molar refractivity (Wildman–Crippen MR) is 95.4 cm³/mol. The number of amides is 1. The van der Waals surface area contributed by atoms with Crippen LogP contribution >= 0.6 is 0 Å². The van der Waals surface area contributed by atoms with Crippen molar-refractivity contribution in [1.29, 1.82) is 0 Å². The van der Waals surface area contributed by atoms with Crippen LogP contribution in [-0.2, 0) is 11.3 Å². The predicted octanol–water partition coefficient (Wildman–Crippen LogP) is 3.92. The zero-order valence-corrected chi connectivity index (χ0v) is 13.4. The normalized spacial score (nSPS) is 10.5. The Morgan fingerprint density at radius 2 is 1.42 bits per heavy atom. The standard InChI is InChI=1S/C21H20N2O/c24-21(23-16-19-13-7-8-14-22-19)15-20(17-9-3-1-4-10-17)18-11-5-2-6-12-18/h1-14,20H,15-16H2,(H,23,24). The number of benzene rings is 2. The van der Waals surface area contributed by atoms with E-state index in [0.717, 1.165) is 16.8 Å². The molecule has 3 aromatic rings. The molecule has 0 saturated carbocycles. The van der Waals surface area contributed by atoms with E-state index in [1.54, 1.807) is 6.20 Å². The van der Waals surface area contributed by atoms with Crippen molar-refractivity contribution < 1.29 is 4.79 Å². The summed E-state index contributed by atoms with van der Waals surface area (Å²) in [6, 6.07) is 26.0. The van der Waals surface area contributed by atoms with Gasteiger partial charge in [0.2, 0.25) is 5.91 Å².